The van der Waals surface area contributed by atoms with Gasteiger partial charge in [0.1, 0.15) is 22.5 Å². The molecule has 1 aromatic carbocycles. The van der Waals surface area contributed by atoms with Crippen LogP contribution in [0.2, 0.25) is 0 Å². The summed E-state index contributed by atoms with van der Waals surface area (Å²) in [5.74, 6) is -6.89. The van der Waals surface area contributed by atoms with Gasteiger partial charge in [-0.15, -0.1) is 11.3 Å². The van der Waals surface area contributed by atoms with Crippen LogP contribution in [-0.4, -0.2) is 185 Å². The maximum atomic E-state index is 14.3. The predicted octanol–water partition coefficient (Wildman–Crippen LogP) is 5.62. The zero-order chi connectivity index (χ0) is 65.9. The smallest absolute Gasteiger partial charge is 0.0241 e. The minimum Gasteiger partial charge on any atom is -0.123 e. The number of imide groups is 1. The van der Waals surface area contributed by atoms with Crippen LogP contribution in [0.1, 0.15) is 155 Å². The average molecular weight is 1260 g/mol. The van der Waals surface area contributed by atoms with Crippen LogP contribution < -0.4 is 26.6 Å². The number of hydrogen-bond donors (Lipinski definition) is 7. The maximum absolute atomic E-state index is 14.3. The molecule has 0 bridgehead atoms. The number of carbonyl (C=O) groups is 11. The van der Waals surface area contributed by atoms with Crippen molar-refractivity contribution in [1.82, 2.24) is 41.0 Å². The summed E-state index contributed by atoms with van der Waals surface area (Å²) in [5, 5.41) is 36.2. The molecule has 0 radical (unpaired) electrons. The molecule has 3 rings (SSSR count). The number of carboxylic acid groups (broad SMARTS) is 1. The minimum atomic E-state index is -2.07. The first kappa shape index (κ1) is 74.6. The first-order chi connectivity index (χ1) is 40.4. The van der Waals surface area contributed by atoms with E-state index in [2.05, 4.69) is 44.9 Å². The summed E-state index contributed by atoms with van der Waals surface area (Å²) in [6, 6.07) is 1.05. The summed E-state index contributed by atoms with van der Waals surface area (Å²) in [7, 11) is 3.14. The number of rotatable bonds is 37. The van der Waals surface area contributed by atoms with Gasteiger partial charge in [0.15, 0.2) is 6.10 Å². The molecule has 1 aliphatic heterocycles. The topological polar surface area (TPSA) is 329 Å². The summed E-state index contributed by atoms with van der Waals surface area (Å²) < 4.78 is 11.8. The van der Waals surface area contributed by atoms with Crippen LogP contribution in [0.4, 0.5) is 5.69 Å². The Morgan fingerprint density at radius 3 is 2.11 bits per heavy atom. The van der Waals surface area contributed by atoms with Gasteiger partial charge in [-0.25, -0.2) is 4.98 Å². The zero-order valence-electron chi connectivity index (χ0n) is 53.7. The number of ether oxygens (including phenoxy) is 2. The molecule has 1 aromatic heterocycles. The summed E-state index contributed by atoms with van der Waals surface area (Å²) in [5.41, 5.74) is -1.05. The number of Topliss-reactive ketones (excluding diaryl/α,β-unsaturated/α-hetero) is 1. The number of ketones is 1. The van der Waals surface area contributed by atoms with Gasteiger partial charge >= 0.3 is 221 Å². The Morgan fingerprint density at radius 2 is 1.53 bits per heavy atom. The van der Waals surface area contributed by atoms with Gasteiger partial charge in [0.2, 0.25) is 11.8 Å². The largest absolute Gasteiger partial charge is 0.123 e. The third kappa shape index (κ3) is 24.1. The molecule has 486 valence electrons. The van der Waals surface area contributed by atoms with E-state index < -0.39 is 84.1 Å². The molecule has 1 aliphatic rings. The van der Waals surface area contributed by atoms with Crippen molar-refractivity contribution in [1.29, 1.82) is 0 Å². The molecule has 2 heterocycles. The molecule has 0 unspecified atom stereocenters. The number of hydrogen-bond acceptors (Lipinski definition) is 17. The first-order valence-corrected chi connectivity index (χ1v) is 33.9. The van der Waals surface area contributed by atoms with Crippen LogP contribution in [0.25, 0.3) is 0 Å². The summed E-state index contributed by atoms with van der Waals surface area (Å²) in [6.45, 7) is 23.7. The van der Waals surface area contributed by atoms with E-state index in [1.54, 1.807) is 57.8 Å². The summed E-state index contributed by atoms with van der Waals surface area (Å²) in [4.78, 5) is 151. The fourth-order valence-electron chi connectivity index (χ4n) is 9.38. The number of carbonyl (C=O) groups excluding carboxylic acids is 10. The monoisotopic (exact) mass is 1260 g/mol. The number of thiazole rings is 1. The van der Waals surface area contributed by atoms with Gasteiger partial charge < -0.3 is 35.8 Å². The fourth-order valence-corrected chi connectivity index (χ4v) is 11.7. The third-order valence-electron chi connectivity index (χ3n) is 15.5. The van der Waals surface area contributed by atoms with Crippen LogP contribution in [0.3, 0.4) is 0 Å². The minimum absolute atomic E-state index is 0.0207. The number of amides is 8. The third-order valence-corrected chi connectivity index (χ3v) is 18.6. The molecular formula is C61H96N9O15PS. The van der Waals surface area contributed by atoms with E-state index in [0.717, 1.165) is 16.2 Å². The Balaban J connectivity index is 1.62. The van der Waals surface area contributed by atoms with Gasteiger partial charge in [0, 0.05) is 44.3 Å². The Kier molecular flexibility index (Phi) is 28.8. The number of esters is 1. The molecule has 24 nitrogen and oxygen atoms in total. The number of nitrogens with zero attached hydrogens (tertiary/aromatic N) is 4. The number of anilines is 1. The number of phenolic OH excluding ortho intramolecular Hbond substituents is 1. The van der Waals surface area contributed by atoms with E-state index in [9.17, 15) is 63.0 Å². The first-order valence-electron chi connectivity index (χ1n) is 29.6. The van der Waals surface area contributed by atoms with Gasteiger partial charge in [0.25, 0.3) is 5.91 Å². The maximum Gasteiger partial charge on any atom is 0.0241 e. The van der Waals surface area contributed by atoms with Gasteiger partial charge in [-0.05, 0) is 70.3 Å². The van der Waals surface area contributed by atoms with Crippen molar-refractivity contribution in [3.63, 3.8) is 0 Å². The molecule has 0 saturated carbocycles. The molecule has 2 aromatic rings. The van der Waals surface area contributed by atoms with Crippen molar-refractivity contribution in [3.05, 3.63) is 52.0 Å². The van der Waals surface area contributed by atoms with Crippen LogP contribution in [-0.2, 0) is 63.8 Å². The molecular weight excluding hydrogens is 1160 g/mol. The molecule has 87 heavy (non-hydrogen) atoms. The molecule has 8 amide bonds. The Bertz CT molecular complexity index is 2800. The second kappa shape index (κ2) is 33.6. The molecule has 0 aliphatic carbocycles. The standard InChI is InChI=1S/C61H96N9O15PS/c1-17-37(4)53(67-59(83)61(10,11)68(12)13)58(82)69(14)46(36(2)3)30-48(85-40(7)71)57-66-45(32-87-57)56(81)64-42(21-25-52(77)78)28-41-20-22-47(73)44(29-41)65-55(80)39(6)63-54(79)38(5)27-43(72)31-60(8,9)33-84-35-86(15,16)34-62-49(74)19-18-26-70-50(75)23-24-51(70)76/h20,22-24,29,32,36-39,42,46,48,53,73,86H,17-19,21,25-28,30-31,33-35H2,1-16H3,(H,62,74)(H,63,79)(H,64,81)(H,65,80)(H,67,83)(H,77,78)/t37-,38+,39-,42+,46+,48+,53-/m0/s1. The number of likely N-dealkylation sites (N-methyl/N-ethyl adjacent to an activating group) is 2. The SMILES string of the molecule is CC[C@H](C)[C@H](NC(=O)C(C)(C)N(C)C)C(=O)N(C)[C@H](C[C@@H](OC(C)=O)c1nc(C(=O)N[C@H](CCC(=O)O)Cc2ccc(O)c(NC(=O)[C@H](C)NC(=O)[C@H](C)CC(=O)CC(C)(C)COC[PH](C)(C)CNC(=O)CCCN3C(=O)C=CC3=O)c2)cs1)C(C)C. The van der Waals surface area contributed by atoms with Crippen molar-refractivity contribution in [2.75, 3.05) is 65.6 Å². The Morgan fingerprint density at radius 1 is 0.885 bits per heavy atom. The molecule has 7 atom stereocenters. The fraction of sp³-hybridized carbons (Fsp3) is 0.639. The van der Waals surface area contributed by atoms with E-state index in [1.165, 1.54) is 43.5 Å². The number of carboxylic acids is 1. The van der Waals surface area contributed by atoms with Crippen LogP contribution in [0, 0.1) is 23.2 Å². The van der Waals surface area contributed by atoms with Gasteiger partial charge in [-0.3, -0.25) is 33.7 Å². The quantitative estimate of drug-likeness (QED) is 0.0187. The molecule has 7 N–H and O–H groups in total. The number of aliphatic carboxylic acids is 1. The Hall–Kier alpha value is -6.69. The van der Waals surface area contributed by atoms with E-state index in [-0.39, 0.29) is 127 Å². The van der Waals surface area contributed by atoms with Crippen LogP contribution >= 0.6 is 18.6 Å². The molecule has 0 saturated heterocycles. The van der Waals surface area contributed by atoms with Crippen molar-refractivity contribution in [3.8, 4) is 5.75 Å². The van der Waals surface area contributed by atoms with E-state index >= 15 is 0 Å². The van der Waals surface area contributed by atoms with Crippen LogP contribution in [0.5, 0.6) is 5.75 Å². The number of benzene rings is 1. The second-order valence-electron chi connectivity index (χ2n) is 25.5. The summed E-state index contributed by atoms with van der Waals surface area (Å²) >= 11 is 1.07. The van der Waals surface area contributed by atoms with Crippen molar-refractivity contribution in [2.24, 2.45) is 23.2 Å². The summed E-state index contributed by atoms with van der Waals surface area (Å²) in [6.07, 6.45) is 3.21. The van der Waals surface area contributed by atoms with Gasteiger partial charge in [0.05, 0.1) is 11.2 Å². The van der Waals surface area contributed by atoms with Gasteiger partial charge in [-0.2, -0.15) is 0 Å². The number of aromatic nitrogens is 1. The number of nitrogens with one attached hydrogen (secondary N) is 5. The average Bonchev–Trinajstić information content (AvgIpc) is 2.92. The molecule has 26 heteroatoms. The van der Waals surface area contributed by atoms with E-state index in [4.69, 9.17) is 9.47 Å². The Labute approximate surface area is 516 Å². The zero-order valence-corrected chi connectivity index (χ0v) is 55.5. The van der Waals surface area contributed by atoms with E-state index in [1.807, 2.05) is 41.5 Å². The van der Waals surface area contributed by atoms with Crippen LogP contribution in [0.15, 0.2) is 35.7 Å². The van der Waals surface area contributed by atoms with Gasteiger partial charge in [-0.1, -0.05) is 40.2 Å². The number of phenols is 1. The number of aromatic hydroxyl groups is 1. The van der Waals surface area contributed by atoms with Crippen molar-refractivity contribution in [2.45, 2.75) is 170 Å². The normalized spacial score (nSPS) is 15.4. The van der Waals surface area contributed by atoms with Crippen molar-refractivity contribution < 1.29 is 72.4 Å². The predicted molar refractivity (Wildman–Crippen MR) is 334 cm³/mol. The van der Waals surface area contributed by atoms with E-state index in [0.29, 0.717) is 31.0 Å². The molecule has 0 fully saturated rings. The second-order valence-corrected chi connectivity index (χ2v) is 31.4. The van der Waals surface area contributed by atoms with Crippen molar-refractivity contribution >= 4 is 89.3 Å². The molecule has 0 spiro atoms.